The number of hydrogen-bond acceptors (Lipinski definition) is 2. The Morgan fingerprint density at radius 2 is 1.82 bits per heavy atom. The Balaban J connectivity index is 2.39. The third-order valence-electron chi connectivity index (χ3n) is 3.13. The minimum atomic E-state index is -0.368. The lowest BCUT2D eigenvalue weighted by Crippen LogP contribution is -2.48. The molecule has 0 aromatic heterocycles. The average Bonchev–Trinajstić information content (AvgIpc) is 2.18. The first-order valence-electron chi connectivity index (χ1n) is 5.49. The van der Waals surface area contributed by atoms with E-state index in [0.29, 0.717) is 11.4 Å². The maximum atomic E-state index is 11.9. The van der Waals surface area contributed by atoms with E-state index in [9.17, 15) is 9.59 Å². The molecule has 1 fully saturated rings. The summed E-state index contributed by atoms with van der Waals surface area (Å²) in [6.45, 7) is 3.87. The molecule has 2 rings (SSSR count). The number of hydrogen-bond donors (Lipinski definition) is 1. The third-order valence-corrected chi connectivity index (χ3v) is 3.38. The summed E-state index contributed by atoms with van der Waals surface area (Å²) >= 11 is 5.83. The first-order valence-corrected chi connectivity index (χ1v) is 5.87. The van der Waals surface area contributed by atoms with Crippen LogP contribution >= 0.6 is 11.6 Å². The number of carbonyl (C=O) groups is 2. The number of rotatable bonds is 1. The van der Waals surface area contributed by atoms with E-state index in [0.717, 1.165) is 5.56 Å². The molecule has 90 valence electrons. The summed E-state index contributed by atoms with van der Waals surface area (Å²) in [6, 6.07) is 7.20. The summed E-state index contributed by atoms with van der Waals surface area (Å²) in [5.41, 5.74) is 0.525. The minimum Gasteiger partial charge on any atom is -0.296 e. The predicted molar refractivity (Wildman–Crippen MR) is 65.7 cm³/mol. The maximum Gasteiger partial charge on any atom is 0.234 e. The third kappa shape index (κ3) is 2.34. The molecule has 1 atom stereocenters. The average molecular weight is 252 g/mol. The van der Waals surface area contributed by atoms with Crippen molar-refractivity contribution in [2.45, 2.75) is 26.2 Å². The smallest absolute Gasteiger partial charge is 0.234 e. The van der Waals surface area contributed by atoms with E-state index in [-0.39, 0.29) is 23.1 Å². The molecule has 17 heavy (non-hydrogen) atoms. The number of piperidine rings is 1. The van der Waals surface area contributed by atoms with Crippen molar-refractivity contribution in [3.63, 3.8) is 0 Å². The van der Waals surface area contributed by atoms with Crippen molar-refractivity contribution >= 4 is 23.4 Å². The van der Waals surface area contributed by atoms with Crippen LogP contribution in [0, 0.1) is 5.41 Å². The lowest BCUT2D eigenvalue weighted by molar-refractivity contribution is -0.138. The molecule has 1 aromatic carbocycles. The fourth-order valence-electron chi connectivity index (χ4n) is 2.38. The van der Waals surface area contributed by atoms with Gasteiger partial charge < -0.3 is 0 Å². The van der Waals surface area contributed by atoms with E-state index in [1.54, 1.807) is 12.1 Å². The van der Waals surface area contributed by atoms with Gasteiger partial charge in [0, 0.05) is 11.4 Å². The fraction of sp³-hybridized carbons (Fsp3) is 0.385. The molecular weight excluding hydrogens is 238 g/mol. The molecule has 1 unspecified atom stereocenters. The standard InChI is InChI=1S/C13H14ClNO2/c1-13(2)7-10(16)15-12(17)11(13)8-3-5-9(14)6-4-8/h3-6,11H,7H2,1-2H3,(H,15,16,17). The van der Waals surface area contributed by atoms with Crippen LogP contribution in [0.5, 0.6) is 0 Å². The zero-order valence-corrected chi connectivity index (χ0v) is 10.5. The van der Waals surface area contributed by atoms with E-state index in [2.05, 4.69) is 5.32 Å². The molecule has 4 heteroatoms. The molecule has 0 radical (unpaired) electrons. The van der Waals surface area contributed by atoms with Gasteiger partial charge in [-0.3, -0.25) is 14.9 Å². The van der Waals surface area contributed by atoms with Gasteiger partial charge in [-0.1, -0.05) is 37.6 Å². The molecule has 1 aliphatic rings. The number of amides is 2. The Morgan fingerprint density at radius 3 is 2.35 bits per heavy atom. The second kappa shape index (κ2) is 4.15. The normalized spacial score (nSPS) is 23.4. The maximum absolute atomic E-state index is 11.9. The van der Waals surface area contributed by atoms with Crippen LogP contribution in [0.15, 0.2) is 24.3 Å². The van der Waals surface area contributed by atoms with Gasteiger partial charge in [0.1, 0.15) is 0 Å². The van der Waals surface area contributed by atoms with Gasteiger partial charge in [-0.05, 0) is 23.1 Å². The number of carbonyl (C=O) groups excluding carboxylic acids is 2. The van der Waals surface area contributed by atoms with Gasteiger partial charge >= 0.3 is 0 Å². The van der Waals surface area contributed by atoms with E-state index in [1.807, 2.05) is 26.0 Å². The quantitative estimate of drug-likeness (QED) is 0.780. The first-order chi connectivity index (χ1) is 7.90. The molecule has 1 saturated heterocycles. The zero-order chi connectivity index (χ0) is 12.6. The van der Waals surface area contributed by atoms with Gasteiger partial charge in [0.15, 0.2) is 0 Å². The van der Waals surface area contributed by atoms with Crippen molar-refractivity contribution in [2.24, 2.45) is 5.41 Å². The van der Waals surface area contributed by atoms with Crippen LogP contribution in [-0.4, -0.2) is 11.8 Å². The summed E-state index contributed by atoms with van der Waals surface area (Å²) in [4.78, 5) is 23.3. The molecule has 0 spiro atoms. The minimum absolute atomic E-state index is 0.204. The molecule has 3 nitrogen and oxygen atoms in total. The van der Waals surface area contributed by atoms with E-state index < -0.39 is 0 Å². The van der Waals surface area contributed by atoms with Gasteiger partial charge in [0.2, 0.25) is 11.8 Å². The van der Waals surface area contributed by atoms with Crippen molar-refractivity contribution in [2.75, 3.05) is 0 Å². The highest BCUT2D eigenvalue weighted by Crippen LogP contribution is 2.41. The molecule has 1 aromatic rings. The molecule has 0 aliphatic carbocycles. The molecule has 2 amide bonds. The van der Waals surface area contributed by atoms with Gasteiger partial charge in [0.05, 0.1) is 5.92 Å². The largest absolute Gasteiger partial charge is 0.296 e. The van der Waals surface area contributed by atoms with Gasteiger partial charge in [-0.2, -0.15) is 0 Å². The van der Waals surface area contributed by atoms with Gasteiger partial charge in [-0.15, -0.1) is 0 Å². The number of imide groups is 1. The van der Waals surface area contributed by atoms with Crippen molar-refractivity contribution < 1.29 is 9.59 Å². The van der Waals surface area contributed by atoms with Gasteiger partial charge in [0.25, 0.3) is 0 Å². The Kier molecular flexibility index (Phi) is 2.96. The molecule has 1 heterocycles. The van der Waals surface area contributed by atoms with E-state index >= 15 is 0 Å². The molecule has 0 saturated carbocycles. The van der Waals surface area contributed by atoms with E-state index in [1.165, 1.54) is 0 Å². The molecular formula is C13H14ClNO2. The highest BCUT2D eigenvalue weighted by Gasteiger charge is 2.42. The number of halogens is 1. The van der Waals surface area contributed by atoms with Crippen LogP contribution in [0.2, 0.25) is 5.02 Å². The number of benzene rings is 1. The van der Waals surface area contributed by atoms with Crippen LogP contribution in [-0.2, 0) is 9.59 Å². The zero-order valence-electron chi connectivity index (χ0n) is 9.79. The Bertz CT molecular complexity index is 465. The lowest BCUT2D eigenvalue weighted by Gasteiger charge is -2.36. The molecule has 1 aliphatic heterocycles. The second-order valence-corrected chi connectivity index (χ2v) is 5.50. The fourth-order valence-corrected chi connectivity index (χ4v) is 2.51. The topological polar surface area (TPSA) is 46.2 Å². The number of nitrogens with one attached hydrogen (secondary N) is 1. The van der Waals surface area contributed by atoms with Gasteiger partial charge in [-0.25, -0.2) is 0 Å². The predicted octanol–water partition coefficient (Wildman–Crippen LogP) is 2.50. The SMILES string of the molecule is CC1(C)CC(=O)NC(=O)C1c1ccc(Cl)cc1. The Labute approximate surface area is 105 Å². The first kappa shape index (κ1) is 12.1. The van der Waals surface area contributed by atoms with Crippen molar-refractivity contribution in [3.8, 4) is 0 Å². The summed E-state index contributed by atoms with van der Waals surface area (Å²) in [6.07, 6.45) is 0.353. The summed E-state index contributed by atoms with van der Waals surface area (Å²) in [7, 11) is 0. The van der Waals surface area contributed by atoms with Crippen LogP contribution < -0.4 is 5.32 Å². The van der Waals surface area contributed by atoms with Crippen molar-refractivity contribution in [1.29, 1.82) is 0 Å². The van der Waals surface area contributed by atoms with Crippen LogP contribution in [0.1, 0.15) is 31.7 Å². The monoisotopic (exact) mass is 251 g/mol. The molecule has 1 N–H and O–H groups in total. The molecule has 0 bridgehead atoms. The summed E-state index contributed by atoms with van der Waals surface area (Å²) < 4.78 is 0. The highest BCUT2D eigenvalue weighted by atomic mass is 35.5. The Morgan fingerprint density at radius 1 is 1.24 bits per heavy atom. The second-order valence-electron chi connectivity index (χ2n) is 5.06. The van der Waals surface area contributed by atoms with Crippen LogP contribution in [0.4, 0.5) is 0 Å². The van der Waals surface area contributed by atoms with Crippen molar-refractivity contribution in [3.05, 3.63) is 34.9 Å². The summed E-state index contributed by atoms with van der Waals surface area (Å²) in [5.74, 6) is -0.740. The van der Waals surface area contributed by atoms with Crippen molar-refractivity contribution in [1.82, 2.24) is 5.32 Å². The summed E-state index contributed by atoms with van der Waals surface area (Å²) in [5, 5.41) is 3.03. The lowest BCUT2D eigenvalue weighted by atomic mass is 9.70. The van der Waals surface area contributed by atoms with Crippen LogP contribution in [0.25, 0.3) is 0 Å². The Hall–Kier alpha value is -1.35. The van der Waals surface area contributed by atoms with Crippen LogP contribution in [0.3, 0.4) is 0 Å². The van der Waals surface area contributed by atoms with E-state index in [4.69, 9.17) is 11.6 Å². The highest BCUT2D eigenvalue weighted by molar-refractivity contribution is 6.30.